The summed E-state index contributed by atoms with van der Waals surface area (Å²) in [5, 5.41) is 12.7. The highest BCUT2D eigenvalue weighted by Gasteiger charge is 2.41. The van der Waals surface area contributed by atoms with E-state index in [9.17, 15) is 4.79 Å². The number of oxime groups is 1. The van der Waals surface area contributed by atoms with Gasteiger partial charge in [0.15, 0.2) is 5.84 Å². The van der Waals surface area contributed by atoms with Gasteiger partial charge in [0.1, 0.15) is 5.41 Å². The van der Waals surface area contributed by atoms with E-state index in [1.54, 1.807) is 24.1 Å². The number of hydrogen-bond donors (Lipinski definition) is 2. The second-order valence-corrected chi connectivity index (χ2v) is 5.50. The number of amidine groups is 1. The van der Waals surface area contributed by atoms with Crippen LogP contribution in [0.3, 0.4) is 0 Å². The van der Waals surface area contributed by atoms with Crippen LogP contribution < -0.4 is 5.73 Å². The molecule has 0 unspecified atom stereocenters. The molecule has 0 fully saturated rings. The lowest BCUT2D eigenvalue weighted by molar-refractivity contribution is -0.138. The predicted molar refractivity (Wildman–Crippen MR) is 84.3 cm³/mol. The highest BCUT2D eigenvalue weighted by Crippen LogP contribution is 2.29. The molecule has 0 radical (unpaired) electrons. The van der Waals surface area contributed by atoms with Crippen LogP contribution in [0.2, 0.25) is 5.02 Å². The fourth-order valence-corrected chi connectivity index (χ4v) is 2.55. The SMILES string of the molecule is CCC(CC)(C(=O)N(C)Cc1ccc(Cl)cc1)C(N)=NO. The van der Waals surface area contributed by atoms with Crippen molar-refractivity contribution in [1.82, 2.24) is 4.90 Å². The number of benzene rings is 1. The molecule has 0 aliphatic heterocycles. The van der Waals surface area contributed by atoms with Gasteiger partial charge in [0.2, 0.25) is 5.91 Å². The summed E-state index contributed by atoms with van der Waals surface area (Å²) in [6.45, 7) is 4.15. The minimum Gasteiger partial charge on any atom is -0.409 e. The minimum absolute atomic E-state index is 0.0412. The number of hydrogen-bond acceptors (Lipinski definition) is 3. The third kappa shape index (κ3) is 3.67. The molecule has 116 valence electrons. The molecule has 0 aliphatic rings. The van der Waals surface area contributed by atoms with Gasteiger partial charge in [-0.05, 0) is 30.5 Å². The summed E-state index contributed by atoms with van der Waals surface area (Å²) < 4.78 is 0. The lowest BCUT2D eigenvalue weighted by Gasteiger charge is -2.33. The van der Waals surface area contributed by atoms with Gasteiger partial charge in [-0.1, -0.05) is 42.7 Å². The number of rotatable bonds is 6. The van der Waals surface area contributed by atoms with Crippen molar-refractivity contribution in [2.75, 3.05) is 7.05 Å². The molecule has 1 rings (SSSR count). The zero-order chi connectivity index (χ0) is 16.0. The minimum atomic E-state index is -0.962. The van der Waals surface area contributed by atoms with Crippen LogP contribution in [-0.2, 0) is 11.3 Å². The number of carbonyl (C=O) groups excluding carboxylic acids is 1. The van der Waals surface area contributed by atoms with Crippen LogP contribution in [0.25, 0.3) is 0 Å². The van der Waals surface area contributed by atoms with Gasteiger partial charge in [0.25, 0.3) is 0 Å². The van der Waals surface area contributed by atoms with Crippen molar-refractivity contribution in [3.05, 3.63) is 34.9 Å². The summed E-state index contributed by atoms with van der Waals surface area (Å²) in [5.74, 6) is -0.196. The monoisotopic (exact) mass is 311 g/mol. The molecule has 0 spiro atoms. The molecule has 3 N–H and O–H groups in total. The maximum atomic E-state index is 12.7. The molecular weight excluding hydrogens is 290 g/mol. The lowest BCUT2D eigenvalue weighted by Crippen LogP contribution is -2.49. The number of halogens is 1. The zero-order valence-electron chi connectivity index (χ0n) is 12.6. The van der Waals surface area contributed by atoms with E-state index in [1.165, 1.54) is 0 Å². The van der Waals surface area contributed by atoms with Gasteiger partial charge in [-0.2, -0.15) is 0 Å². The Kier molecular flexibility index (Phi) is 6.03. The molecule has 0 atom stereocenters. The van der Waals surface area contributed by atoms with E-state index in [-0.39, 0.29) is 11.7 Å². The van der Waals surface area contributed by atoms with E-state index >= 15 is 0 Å². The Labute approximate surface area is 130 Å². The van der Waals surface area contributed by atoms with Crippen molar-refractivity contribution in [2.45, 2.75) is 33.2 Å². The van der Waals surface area contributed by atoms with Gasteiger partial charge in [-0.15, -0.1) is 0 Å². The van der Waals surface area contributed by atoms with Crippen LogP contribution in [0.4, 0.5) is 0 Å². The first-order chi connectivity index (χ1) is 9.91. The molecule has 0 bridgehead atoms. The van der Waals surface area contributed by atoms with Crippen molar-refractivity contribution in [1.29, 1.82) is 0 Å². The average molecular weight is 312 g/mol. The van der Waals surface area contributed by atoms with Gasteiger partial charge >= 0.3 is 0 Å². The van der Waals surface area contributed by atoms with Crippen LogP contribution >= 0.6 is 11.6 Å². The first kappa shape index (κ1) is 17.3. The van der Waals surface area contributed by atoms with Gasteiger partial charge < -0.3 is 15.8 Å². The van der Waals surface area contributed by atoms with Gasteiger partial charge in [0.05, 0.1) is 0 Å². The van der Waals surface area contributed by atoms with Crippen molar-refractivity contribution in [2.24, 2.45) is 16.3 Å². The second kappa shape index (κ2) is 7.31. The average Bonchev–Trinajstić information content (AvgIpc) is 2.50. The molecule has 1 aromatic carbocycles. The Morgan fingerprint density at radius 3 is 2.29 bits per heavy atom. The molecule has 1 amide bonds. The lowest BCUT2D eigenvalue weighted by atomic mass is 9.79. The van der Waals surface area contributed by atoms with E-state index in [1.807, 2.05) is 26.0 Å². The third-order valence-electron chi connectivity index (χ3n) is 3.89. The van der Waals surface area contributed by atoms with Crippen LogP contribution in [0, 0.1) is 5.41 Å². The number of amides is 1. The fourth-order valence-electron chi connectivity index (χ4n) is 2.42. The molecule has 0 saturated carbocycles. The fraction of sp³-hybridized carbons (Fsp3) is 0.467. The quantitative estimate of drug-likeness (QED) is 0.367. The van der Waals surface area contributed by atoms with E-state index in [0.717, 1.165) is 5.56 Å². The maximum Gasteiger partial charge on any atom is 0.236 e. The Balaban J connectivity index is 2.96. The number of nitrogens with zero attached hydrogens (tertiary/aromatic N) is 2. The smallest absolute Gasteiger partial charge is 0.236 e. The maximum absolute atomic E-state index is 12.7. The Hall–Kier alpha value is -1.75. The topological polar surface area (TPSA) is 78.9 Å². The molecule has 6 heteroatoms. The van der Waals surface area contributed by atoms with Crippen LogP contribution in [0.1, 0.15) is 32.3 Å². The highest BCUT2D eigenvalue weighted by molar-refractivity contribution is 6.30. The van der Waals surface area contributed by atoms with Crippen LogP contribution in [-0.4, -0.2) is 28.9 Å². The Bertz CT molecular complexity index is 510. The molecule has 0 heterocycles. The molecule has 5 nitrogen and oxygen atoms in total. The van der Waals surface area contributed by atoms with Crippen LogP contribution in [0.15, 0.2) is 29.4 Å². The summed E-state index contributed by atoms with van der Waals surface area (Å²) in [7, 11) is 1.71. The van der Waals surface area contributed by atoms with Crippen molar-refractivity contribution in [3.63, 3.8) is 0 Å². The van der Waals surface area contributed by atoms with Crippen LogP contribution in [0.5, 0.6) is 0 Å². The Morgan fingerprint density at radius 2 is 1.86 bits per heavy atom. The Morgan fingerprint density at radius 1 is 1.33 bits per heavy atom. The second-order valence-electron chi connectivity index (χ2n) is 5.06. The zero-order valence-corrected chi connectivity index (χ0v) is 13.4. The van der Waals surface area contributed by atoms with E-state index in [4.69, 9.17) is 22.5 Å². The van der Waals surface area contributed by atoms with Gasteiger partial charge in [0, 0.05) is 18.6 Å². The summed E-state index contributed by atoms with van der Waals surface area (Å²) in [5.41, 5.74) is 5.77. The van der Waals surface area contributed by atoms with Gasteiger partial charge in [-0.3, -0.25) is 4.79 Å². The summed E-state index contributed by atoms with van der Waals surface area (Å²) in [6, 6.07) is 7.31. The standard InChI is InChI=1S/C15H22ClN3O2/c1-4-15(5-2,13(17)18-21)14(20)19(3)10-11-6-8-12(16)9-7-11/h6-9,21H,4-5,10H2,1-3H3,(H2,17,18). The van der Waals surface area contributed by atoms with E-state index in [0.29, 0.717) is 24.4 Å². The first-order valence-electron chi connectivity index (χ1n) is 6.89. The van der Waals surface area contributed by atoms with Crippen molar-refractivity contribution < 1.29 is 10.0 Å². The number of carbonyl (C=O) groups is 1. The molecular formula is C15H22ClN3O2. The van der Waals surface area contributed by atoms with E-state index < -0.39 is 5.41 Å². The van der Waals surface area contributed by atoms with Crippen molar-refractivity contribution in [3.8, 4) is 0 Å². The number of nitrogens with two attached hydrogens (primary N) is 1. The van der Waals surface area contributed by atoms with E-state index in [2.05, 4.69) is 5.16 Å². The summed E-state index contributed by atoms with van der Waals surface area (Å²) >= 11 is 5.85. The third-order valence-corrected chi connectivity index (χ3v) is 4.15. The normalized spacial score (nSPS) is 12.3. The van der Waals surface area contributed by atoms with Crippen molar-refractivity contribution >= 4 is 23.3 Å². The van der Waals surface area contributed by atoms with Gasteiger partial charge in [-0.25, -0.2) is 0 Å². The first-order valence-corrected chi connectivity index (χ1v) is 7.27. The molecule has 1 aromatic rings. The molecule has 21 heavy (non-hydrogen) atoms. The largest absolute Gasteiger partial charge is 0.409 e. The highest BCUT2D eigenvalue weighted by atomic mass is 35.5. The molecule has 0 saturated heterocycles. The summed E-state index contributed by atoms with van der Waals surface area (Å²) in [6.07, 6.45) is 0.951. The predicted octanol–water partition coefficient (Wildman–Crippen LogP) is 2.85. The molecule has 0 aromatic heterocycles. The molecule has 0 aliphatic carbocycles. The summed E-state index contributed by atoms with van der Waals surface area (Å²) in [4.78, 5) is 14.3.